The number of alkyl halides is 3. The van der Waals surface area contributed by atoms with Crippen LogP contribution in [-0.4, -0.2) is 20.7 Å². The lowest BCUT2D eigenvalue weighted by molar-refractivity contribution is -0.139. The summed E-state index contributed by atoms with van der Waals surface area (Å²) >= 11 is 0. The molecule has 5 nitrogen and oxygen atoms in total. The van der Waals surface area contributed by atoms with Gasteiger partial charge in [0, 0.05) is 18.4 Å². The predicted octanol–water partition coefficient (Wildman–Crippen LogP) is 5.60. The minimum Gasteiger partial charge on any atom is -0.442 e. The van der Waals surface area contributed by atoms with Crippen molar-refractivity contribution < 1.29 is 26.8 Å². The zero-order valence-corrected chi connectivity index (χ0v) is 15.4. The van der Waals surface area contributed by atoms with E-state index in [0.717, 1.165) is 19.3 Å². The van der Waals surface area contributed by atoms with Crippen LogP contribution < -0.4 is 0 Å². The van der Waals surface area contributed by atoms with Gasteiger partial charge in [-0.05, 0) is 25.0 Å². The third kappa shape index (κ3) is 5.30. The summed E-state index contributed by atoms with van der Waals surface area (Å²) in [5.41, 5.74) is -1.26. The fourth-order valence-electron chi connectivity index (χ4n) is 2.98. The molecule has 0 unspecified atom stereocenters. The molecule has 0 aliphatic carbocycles. The monoisotopic (exact) mass is 409 g/mol. The van der Waals surface area contributed by atoms with Gasteiger partial charge in [0.2, 0.25) is 5.78 Å². The lowest BCUT2D eigenvalue weighted by Gasteiger charge is -2.10. The molecule has 0 saturated heterocycles. The number of nitrogens with one attached hydrogen (secondary N) is 1. The second-order valence-corrected chi connectivity index (χ2v) is 6.58. The highest BCUT2D eigenvalue weighted by molar-refractivity contribution is 5.91. The van der Waals surface area contributed by atoms with E-state index < -0.39 is 17.6 Å². The topological polar surface area (TPSA) is 71.8 Å². The van der Waals surface area contributed by atoms with Crippen LogP contribution in [0.3, 0.4) is 0 Å². The average molecular weight is 409 g/mol. The number of benzene rings is 1. The SMILES string of the molecule is O=C(CCCCCCc1ncc(-c2cccc(C(F)(F)F)c2F)[nH]1)c1ncco1. The highest BCUT2D eigenvalue weighted by Gasteiger charge is 2.35. The molecule has 3 rings (SSSR count). The van der Waals surface area contributed by atoms with Crippen molar-refractivity contribution in [2.75, 3.05) is 0 Å². The number of hydrogen-bond acceptors (Lipinski definition) is 4. The first-order valence-electron chi connectivity index (χ1n) is 9.19. The van der Waals surface area contributed by atoms with Crippen LogP contribution in [0.15, 0.2) is 41.3 Å². The molecule has 0 amide bonds. The van der Waals surface area contributed by atoms with Crippen molar-refractivity contribution in [2.45, 2.75) is 44.7 Å². The maximum atomic E-state index is 14.2. The standard InChI is InChI=1S/C20H19F4N3O2/c21-18-13(6-5-7-14(18)20(22,23)24)15-12-26-17(27-15)9-4-2-1-3-8-16(28)19-25-10-11-29-19/h5-7,10-12H,1-4,8-9H2,(H,26,27). The van der Waals surface area contributed by atoms with Crippen molar-refractivity contribution in [3.63, 3.8) is 0 Å². The zero-order chi connectivity index (χ0) is 20.9. The minimum absolute atomic E-state index is 0.120. The summed E-state index contributed by atoms with van der Waals surface area (Å²) in [4.78, 5) is 22.6. The van der Waals surface area contributed by atoms with Crippen molar-refractivity contribution in [3.8, 4) is 11.3 Å². The van der Waals surface area contributed by atoms with Crippen LogP contribution in [0.25, 0.3) is 11.3 Å². The number of halogens is 4. The fourth-order valence-corrected chi connectivity index (χ4v) is 2.98. The maximum Gasteiger partial charge on any atom is 0.419 e. The second-order valence-electron chi connectivity index (χ2n) is 6.58. The van der Waals surface area contributed by atoms with E-state index in [0.29, 0.717) is 31.2 Å². The van der Waals surface area contributed by atoms with E-state index in [4.69, 9.17) is 4.42 Å². The van der Waals surface area contributed by atoms with Crippen molar-refractivity contribution in [2.24, 2.45) is 0 Å². The summed E-state index contributed by atoms with van der Waals surface area (Å²) in [7, 11) is 0. The lowest BCUT2D eigenvalue weighted by Crippen LogP contribution is -2.08. The van der Waals surface area contributed by atoms with Gasteiger partial charge in [0.05, 0.1) is 23.7 Å². The van der Waals surface area contributed by atoms with Crippen LogP contribution in [-0.2, 0) is 12.6 Å². The van der Waals surface area contributed by atoms with E-state index in [1.807, 2.05) is 0 Å². The molecule has 0 saturated carbocycles. The number of Topliss-reactive ketones (excluding diaryl/α,β-unsaturated/α-hetero) is 1. The van der Waals surface area contributed by atoms with Crippen LogP contribution in [0.2, 0.25) is 0 Å². The molecule has 0 aliphatic rings. The first-order chi connectivity index (χ1) is 13.9. The number of H-pyrrole nitrogens is 1. The number of aromatic amines is 1. The van der Waals surface area contributed by atoms with Crippen molar-refractivity contribution in [3.05, 3.63) is 60.0 Å². The van der Waals surface area contributed by atoms with Gasteiger partial charge in [-0.2, -0.15) is 13.2 Å². The molecule has 3 aromatic rings. The Labute approximate surface area is 164 Å². The largest absolute Gasteiger partial charge is 0.442 e. The molecule has 0 radical (unpaired) electrons. The smallest absolute Gasteiger partial charge is 0.419 e. The van der Waals surface area contributed by atoms with Crippen LogP contribution in [0.4, 0.5) is 17.6 Å². The zero-order valence-electron chi connectivity index (χ0n) is 15.4. The summed E-state index contributed by atoms with van der Waals surface area (Å²) in [5.74, 6) is -0.748. The first kappa shape index (κ1) is 20.8. The number of nitrogens with zero attached hydrogens (tertiary/aromatic N) is 2. The molecule has 29 heavy (non-hydrogen) atoms. The molecule has 0 bridgehead atoms. The molecule has 0 atom stereocenters. The van der Waals surface area contributed by atoms with Gasteiger partial charge in [0.15, 0.2) is 0 Å². The fraction of sp³-hybridized carbons (Fsp3) is 0.350. The van der Waals surface area contributed by atoms with Crippen LogP contribution in [0, 0.1) is 5.82 Å². The number of carbonyl (C=O) groups is 1. The number of hydrogen-bond donors (Lipinski definition) is 1. The minimum atomic E-state index is -4.75. The second kappa shape index (κ2) is 9.02. The van der Waals surface area contributed by atoms with Gasteiger partial charge in [-0.3, -0.25) is 4.79 Å². The van der Waals surface area contributed by atoms with E-state index in [9.17, 15) is 22.4 Å². The Morgan fingerprint density at radius 2 is 1.90 bits per heavy atom. The first-order valence-corrected chi connectivity index (χ1v) is 9.19. The highest BCUT2D eigenvalue weighted by atomic mass is 19.4. The molecule has 1 aromatic carbocycles. The molecule has 0 fully saturated rings. The third-order valence-corrected chi connectivity index (χ3v) is 4.46. The number of rotatable bonds is 9. The molecule has 2 heterocycles. The van der Waals surface area contributed by atoms with E-state index in [1.54, 1.807) is 0 Å². The number of oxazole rings is 1. The predicted molar refractivity (Wildman–Crippen MR) is 96.6 cm³/mol. The van der Waals surface area contributed by atoms with Crippen molar-refractivity contribution >= 4 is 5.78 Å². The van der Waals surface area contributed by atoms with Crippen molar-refractivity contribution in [1.29, 1.82) is 0 Å². The highest BCUT2D eigenvalue weighted by Crippen LogP contribution is 2.35. The molecular formula is C20H19F4N3O2. The Morgan fingerprint density at radius 1 is 1.10 bits per heavy atom. The molecule has 0 aliphatic heterocycles. The Bertz CT molecular complexity index is 949. The number of unbranched alkanes of at least 4 members (excludes halogenated alkanes) is 3. The third-order valence-electron chi connectivity index (χ3n) is 4.46. The van der Waals surface area contributed by atoms with Gasteiger partial charge < -0.3 is 9.40 Å². The summed E-state index contributed by atoms with van der Waals surface area (Å²) < 4.78 is 57.7. The number of aryl methyl sites for hydroxylation is 1. The van der Waals surface area contributed by atoms with Gasteiger partial charge in [-0.25, -0.2) is 14.4 Å². The maximum absolute atomic E-state index is 14.2. The summed E-state index contributed by atoms with van der Waals surface area (Å²) in [6.45, 7) is 0. The van der Waals surface area contributed by atoms with Gasteiger partial charge in [-0.15, -0.1) is 0 Å². The molecule has 154 valence electrons. The normalized spacial score (nSPS) is 11.7. The van der Waals surface area contributed by atoms with Gasteiger partial charge >= 0.3 is 6.18 Å². The van der Waals surface area contributed by atoms with E-state index >= 15 is 0 Å². The number of aromatic nitrogens is 3. The van der Waals surface area contributed by atoms with E-state index in [1.165, 1.54) is 30.8 Å². The molecule has 1 N–H and O–H groups in total. The summed E-state index contributed by atoms with van der Waals surface area (Å²) in [6, 6.07) is 3.16. The Kier molecular flexibility index (Phi) is 6.46. The van der Waals surface area contributed by atoms with Crippen LogP contribution >= 0.6 is 0 Å². The van der Waals surface area contributed by atoms with Crippen molar-refractivity contribution in [1.82, 2.24) is 15.0 Å². The van der Waals surface area contributed by atoms with Gasteiger partial charge in [-0.1, -0.05) is 18.9 Å². The summed E-state index contributed by atoms with van der Waals surface area (Å²) in [5, 5.41) is 0. The Balaban J connectivity index is 1.47. The van der Waals surface area contributed by atoms with E-state index in [2.05, 4.69) is 15.0 Å². The molecule has 2 aromatic heterocycles. The summed E-state index contributed by atoms with van der Waals surface area (Å²) in [6.07, 6.45) is 3.49. The van der Waals surface area contributed by atoms with Crippen LogP contribution in [0.1, 0.15) is 54.2 Å². The molecule has 0 spiro atoms. The lowest BCUT2D eigenvalue weighted by atomic mass is 10.1. The number of imidazole rings is 1. The molecule has 9 heteroatoms. The van der Waals surface area contributed by atoms with Crippen LogP contribution in [0.5, 0.6) is 0 Å². The quantitative estimate of drug-likeness (QED) is 0.284. The average Bonchev–Trinajstić information content (AvgIpc) is 3.35. The molecular weight excluding hydrogens is 390 g/mol. The Hall–Kier alpha value is -2.97. The number of carbonyl (C=O) groups excluding carboxylic acids is 1. The van der Waals surface area contributed by atoms with E-state index in [-0.39, 0.29) is 22.9 Å². The van der Waals surface area contributed by atoms with Gasteiger partial charge in [0.25, 0.3) is 5.89 Å². The number of ketones is 1. The Morgan fingerprint density at radius 3 is 2.62 bits per heavy atom. The van der Waals surface area contributed by atoms with Gasteiger partial charge in [0.1, 0.15) is 17.9 Å².